The van der Waals surface area contributed by atoms with Gasteiger partial charge in [0, 0.05) is 36.6 Å². The molecule has 1 aliphatic heterocycles. The quantitative estimate of drug-likeness (QED) is 0.308. The van der Waals surface area contributed by atoms with E-state index < -0.39 is 11.7 Å². The van der Waals surface area contributed by atoms with Crippen molar-refractivity contribution in [1.82, 2.24) is 14.5 Å². The van der Waals surface area contributed by atoms with E-state index in [1.165, 1.54) is 0 Å². The molecule has 2 aromatic carbocycles. The molecule has 204 valence electrons. The zero-order chi connectivity index (χ0) is 27.4. The van der Waals surface area contributed by atoms with Gasteiger partial charge >= 0.3 is 6.09 Å². The SMILES string of the molecule is CC(C)(C)OC(=O)Nc1ccc(-c2cccs2)cc1NC(=O)c1ccc2ncn(CCN3CCOCC3)c2c1. The highest BCUT2D eigenvalue weighted by Crippen LogP contribution is 2.32. The van der Waals surface area contributed by atoms with Gasteiger partial charge in [0.2, 0.25) is 0 Å². The lowest BCUT2D eigenvalue weighted by molar-refractivity contribution is 0.0365. The summed E-state index contributed by atoms with van der Waals surface area (Å²) in [6, 6.07) is 15.0. The number of aromatic nitrogens is 2. The molecule has 1 fully saturated rings. The fourth-order valence-corrected chi connectivity index (χ4v) is 5.13. The minimum atomic E-state index is -0.648. The van der Waals surface area contributed by atoms with E-state index >= 15 is 0 Å². The number of anilines is 2. The maximum atomic E-state index is 13.5. The fraction of sp³-hybridized carbons (Fsp3) is 0.345. The van der Waals surface area contributed by atoms with Gasteiger partial charge in [-0.15, -0.1) is 11.3 Å². The second kappa shape index (κ2) is 11.6. The number of hydrogen-bond donors (Lipinski definition) is 2. The Morgan fingerprint density at radius 1 is 1.03 bits per heavy atom. The number of rotatable bonds is 7. The van der Waals surface area contributed by atoms with Crippen molar-refractivity contribution in [2.24, 2.45) is 0 Å². The third-order valence-electron chi connectivity index (χ3n) is 6.35. The largest absolute Gasteiger partial charge is 0.444 e. The molecule has 0 bridgehead atoms. The molecular formula is C29H33N5O4S. The van der Waals surface area contributed by atoms with E-state index in [0.717, 1.165) is 60.9 Å². The van der Waals surface area contributed by atoms with Crippen LogP contribution in [0, 0.1) is 0 Å². The van der Waals surface area contributed by atoms with Gasteiger partial charge < -0.3 is 19.4 Å². The monoisotopic (exact) mass is 547 g/mol. The van der Waals surface area contributed by atoms with Crippen LogP contribution in [0.2, 0.25) is 0 Å². The van der Waals surface area contributed by atoms with Crippen molar-refractivity contribution in [1.29, 1.82) is 0 Å². The molecule has 0 unspecified atom stereocenters. The van der Waals surface area contributed by atoms with E-state index in [1.807, 2.05) is 48.1 Å². The molecule has 0 aliphatic carbocycles. The molecule has 4 aromatic rings. The summed E-state index contributed by atoms with van der Waals surface area (Å²) in [6.45, 7) is 10.4. The number of morpholine rings is 1. The van der Waals surface area contributed by atoms with Gasteiger partial charge in [-0.05, 0) is 68.1 Å². The Hall–Kier alpha value is -3.73. The van der Waals surface area contributed by atoms with E-state index in [4.69, 9.17) is 9.47 Å². The molecule has 39 heavy (non-hydrogen) atoms. The van der Waals surface area contributed by atoms with Gasteiger partial charge in [-0.2, -0.15) is 0 Å². The molecule has 2 aromatic heterocycles. The highest BCUT2D eigenvalue weighted by atomic mass is 32.1. The number of benzene rings is 2. The third kappa shape index (κ3) is 6.83. The van der Waals surface area contributed by atoms with Crippen LogP contribution in [0.5, 0.6) is 0 Å². The summed E-state index contributed by atoms with van der Waals surface area (Å²) in [6.07, 6.45) is 1.23. The topological polar surface area (TPSA) is 97.7 Å². The Labute approximate surface area is 231 Å². The van der Waals surface area contributed by atoms with Crippen LogP contribution in [0.25, 0.3) is 21.5 Å². The highest BCUT2D eigenvalue weighted by molar-refractivity contribution is 7.13. The summed E-state index contributed by atoms with van der Waals surface area (Å²) >= 11 is 1.60. The number of nitrogens with one attached hydrogen (secondary N) is 2. The van der Waals surface area contributed by atoms with Gasteiger partial charge in [0.05, 0.1) is 41.9 Å². The minimum Gasteiger partial charge on any atom is -0.444 e. The van der Waals surface area contributed by atoms with Crippen molar-refractivity contribution < 1.29 is 19.1 Å². The first-order chi connectivity index (χ1) is 18.7. The molecule has 5 rings (SSSR count). The maximum Gasteiger partial charge on any atom is 0.412 e. The molecular weight excluding hydrogens is 514 g/mol. The number of nitrogens with zero attached hydrogens (tertiary/aromatic N) is 3. The first-order valence-electron chi connectivity index (χ1n) is 13.0. The molecule has 10 heteroatoms. The molecule has 3 heterocycles. The van der Waals surface area contributed by atoms with E-state index in [-0.39, 0.29) is 5.91 Å². The van der Waals surface area contributed by atoms with Crippen molar-refractivity contribution in [3.05, 3.63) is 65.8 Å². The van der Waals surface area contributed by atoms with Crippen molar-refractivity contribution in [3.8, 4) is 10.4 Å². The Morgan fingerprint density at radius 3 is 2.59 bits per heavy atom. The summed E-state index contributed by atoms with van der Waals surface area (Å²) in [5.74, 6) is -0.284. The van der Waals surface area contributed by atoms with Gasteiger partial charge in [-0.1, -0.05) is 12.1 Å². The van der Waals surface area contributed by atoms with E-state index in [2.05, 4.69) is 25.1 Å². The normalized spacial score (nSPS) is 14.3. The highest BCUT2D eigenvalue weighted by Gasteiger charge is 2.19. The van der Waals surface area contributed by atoms with Crippen LogP contribution in [-0.4, -0.2) is 64.9 Å². The summed E-state index contributed by atoms with van der Waals surface area (Å²) < 4.78 is 12.9. The second-order valence-corrected chi connectivity index (χ2v) is 11.4. The lowest BCUT2D eigenvalue weighted by Gasteiger charge is -2.26. The molecule has 2 amide bonds. The molecule has 0 radical (unpaired) electrons. The van der Waals surface area contributed by atoms with Crippen LogP contribution >= 0.6 is 11.3 Å². The molecule has 0 atom stereocenters. The first kappa shape index (κ1) is 26.9. The number of imidazole rings is 1. The molecule has 0 saturated carbocycles. The molecule has 0 spiro atoms. The Bertz CT molecular complexity index is 1450. The Balaban J connectivity index is 1.37. The molecule has 2 N–H and O–H groups in total. The van der Waals surface area contributed by atoms with Gasteiger partial charge in [-0.3, -0.25) is 15.0 Å². The average Bonchev–Trinajstić information content (AvgIpc) is 3.58. The molecule has 1 saturated heterocycles. The maximum absolute atomic E-state index is 13.5. The van der Waals surface area contributed by atoms with Crippen molar-refractivity contribution in [2.45, 2.75) is 32.9 Å². The standard InChI is InChI=1S/C29H33N5O4S/c1-29(2,3)38-28(36)32-22-8-6-20(26-5-4-16-39-26)17-24(22)31-27(35)21-7-9-23-25(18-21)34(19-30-23)11-10-33-12-14-37-15-13-33/h4-9,16-19H,10-15H2,1-3H3,(H,31,35)(H,32,36). The van der Waals surface area contributed by atoms with Crippen LogP contribution < -0.4 is 10.6 Å². The molecule has 1 aliphatic rings. The van der Waals surface area contributed by atoms with Crippen LogP contribution in [0.15, 0.2) is 60.2 Å². The summed E-state index contributed by atoms with van der Waals surface area (Å²) in [5.41, 5.74) is 3.46. The molecule has 9 nitrogen and oxygen atoms in total. The fourth-order valence-electron chi connectivity index (χ4n) is 4.41. The number of ether oxygens (including phenoxy) is 2. The second-order valence-electron chi connectivity index (χ2n) is 10.4. The lowest BCUT2D eigenvalue weighted by atomic mass is 10.1. The Kier molecular flexibility index (Phi) is 7.97. The minimum absolute atomic E-state index is 0.284. The smallest absolute Gasteiger partial charge is 0.412 e. The van der Waals surface area contributed by atoms with E-state index in [0.29, 0.717) is 16.9 Å². The predicted octanol–water partition coefficient (Wildman–Crippen LogP) is 5.70. The average molecular weight is 548 g/mol. The summed E-state index contributed by atoms with van der Waals surface area (Å²) in [7, 11) is 0. The number of carbonyl (C=O) groups excluding carboxylic acids is 2. The number of amides is 2. The van der Waals surface area contributed by atoms with Crippen LogP contribution in [0.3, 0.4) is 0 Å². The number of hydrogen-bond acceptors (Lipinski definition) is 7. The zero-order valence-electron chi connectivity index (χ0n) is 22.4. The van der Waals surface area contributed by atoms with Gasteiger partial charge in [-0.25, -0.2) is 9.78 Å². The van der Waals surface area contributed by atoms with Gasteiger partial charge in [0.25, 0.3) is 5.91 Å². The van der Waals surface area contributed by atoms with Crippen LogP contribution in [-0.2, 0) is 16.0 Å². The van der Waals surface area contributed by atoms with Crippen molar-refractivity contribution >= 4 is 45.7 Å². The lowest BCUT2D eigenvalue weighted by Crippen LogP contribution is -2.38. The number of carbonyl (C=O) groups is 2. The van der Waals surface area contributed by atoms with Crippen molar-refractivity contribution in [3.63, 3.8) is 0 Å². The van der Waals surface area contributed by atoms with E-state index in [9.17, 15) is 9.59 Å². The number of fused-ring (bicyclic) bond motifs is 1. The Morgan fingerprint density at radius 2 is 1.85 bits per heavy atom. The van der Waals surface area contributed by atoms with E-state index in [1.54, 1.807) is 44.2 Å². The summed E-state index contributed by atoms with van der Waals surface area (Å²) in [4.78, 5) is 33.9. The predicted molar refractivity (Wildman–Crippen MR) is 155 cm³/mol. The number of thiophene rings is 1. The van der Waals surface area contributed by atoms with Crippen molar-refractivity contribution in [2.75, 3.05) is 43.5 Å². The zero-order valence-corrected chi connectivity index (χ0v) is 23.2. The van der Waals surface area contributed by atoms with Crippen LogP contribution in [0.4, 0.5) is 16.2 Å². The first-order valence-corrected chi connectivity index (χ1v) is 13.9. The van der Waals surface area contributed by atoms with Crippen LogP contribution in [0.1, 0.15) is 31.1 Å². The summed E-state index contributed by atoms with van der Waals surface area (Å²) in [5, 5.41) is 7.78. The van der Waals surface area contributed by atoms with Gasteiger partial charge in [0.15, 0.2) is 0 Å². The third-order valence-corrected chi connectivity index (χ3v) is 7.27. The van der Waals surface area contributed by atoms with Gasteiger partial charge in [0.1, 0.15) is 5.60 Å².